The molecule has 32 heavy (non-hydrogen) atoms. The molecule has 1 saturated heterocycles. The van der Waals surface area contributed by atoms with E-state index in [-0.39, 0.29) is 17.9 Å². The van der Waals surface area contributed by atoms with Crippen molar-refractivity contribution in [2.24, 2.45) is 0 Å². The minimum atomic E-state index is -0.698. The number of ketones is 1. The average Bonchev–Trinajstić information content (AvgIpc) is 3.41. The van der Waals surface area contributed by atoms with E-state index < -0.39 is 17.7 Å². The number of hydrogen-bond donors (Lipinski definition) is 1. The molecule has 1 fully saturated rings. The normalized spacial score (nSPS) is 17.7. The third-order valence-corrected chi connectivity index (χ3v) is 6.24. The predicted octanol–water partition coefficient (Wildman–Crippen LogP) is 4.86. The second-order valence-electron chi connectivity index (χ2n) is 7.62. The molecule has 0 aliphatic carbocycles. The molecule has 1 aromatic carbocycles. The monoisotopic (exact) mass is 448 g/mol. The topological polar surface area (TPSA) is 79.7 Å². The Morgan fingerprint density at radius 3 is 2.62 bits per heavy atom. The summed E-state index contributed by atoms with van der Waals surface area (Å²) in [6.45, 7) is 4.80. The summed E-state index contributed by atoms with van der Waals surface area (Å²) < 4.78 is 5.72. The number of carbonyl (C=O) groups is 2. The van der Waals surface area contributed by atoms with Crippen LogP contribution in [-0.2, 0) is 16.1 Å². The van der Waals surface area contributed by atoms with E-state index >= 15 is 0 Å². The minimum Gasteiger partial charge on any atom is -0.507 e. The van der Waals surface area contributed by atoms with Crippen LogP contribution in [0.2, 0.25) is 0 Å². The summed E-state index contributed by atoms with van der Waals surface area (Å²) in [6, 6.07) is 11.9. The van der Waals surface area contributed by atoms with E-state index in [1.807, 2.05) is 31.4 Å². The minimum absolute atomic E-state index is 0.0828. The Morgan fingerprint density at radius 1 is 1.19 bits per heavy atom. The van der Waals surface area contributed by atoms with Crippen molar-refractivity contribution in [3.63, 3.8) is 0 Å². The molecule has 0 bridgehead atoms. The van der Waals surface area contributed by atoms with Crippen LogP contribution in [0.25, 0.3) is 5.76 Å². The summed E-state index contributed by atoms with van der Waals surface area (Å²) in [5, 5.41) is 13.1. The van der Waals surface area contributed by atoms with Gasteiger partial charge in [-0.2, -0.15) is 0 Å². The zero-order chi connectivity index (χ0) is 22.7. The number of aromatic nitrogens is 1. The fourth-order valence-electron chi connectivity index (χ4n) is 3.83. The quantitative estimate of drug-likeness (QED) is 0.317. The third kappa shape index (κ3) is 4.16. The molecule has 2 aromatic heterocycles. The van der Waals surface area contributed by atoms with Crippen molar-refractivity contribution in [1.82, 2.24) is 9.88 Å². The van der Waals surface area contributed by atoms with E-state index in [1.54, 1.807) is 42.7 Å². The average molecular weight is 449 g/mol. The number of pyridine rings is 1. The van der Waals surface area contributed by atoms with Gasteiger partial charge in [0.15, 0.2) is 0 Å². The second kappa shape index (κ2) is 9.36. The van der Waals surface area contributed by atoms with Gasteiger partial charge in [-0.25, -0.2) is 0 Å². The number of benzene rings is 1. The molecule has 164 valence electrons. The van der Waals surface area contributed by atoms with Crippen LogP contribution in [0.1, 0.15) is 41.0 Å². The molecule has 3 aromatic rings. The number of hydrogen-bond acceptors (Lipinski definition) is 6. The first kappa shape index (κ1) is 21.8. The number of aryl methyl sites for hydroxylation is 1. The zero-order valence-corrected chi connectivity index (χ0v) is 18.8. The number of Topliss-reactive ketones (excluding diaryl/α,β-unsaturated/α-hetero) is 1. The number of carbonyl (C=O) groups excluding carboxylic acids is 2. The number of aliphatic hydroxyl groups excluding tert-OH is 1. The molecular weight excluding hydrogens is 424 g/mol. The summed E-state index contributed by atoms with van der Waals surface area (Å²) in [7, 11) is 0. The van der Waals surface area contributed by atoms with E-state index in [0.29, 0.717) is 12.2 Å². The van der Waals surface area contributed by atoms with Gasteiger partial charge in [-0.05, 0) is 66.2 Å². The van der Waals surface area contributed by atoms with Gasteiger partial charge in [0.05, 0.1) is 24.8 Å². The van der Waals surface area contributed by atoms with Gasteiger partial charge in [0.2, 0.25) is 0 Å². The number of thiophene rings is 1. The Bertz CT molecular complexity index is 1160. The van der Waals surface area contributed by atoms with Crippen LogP contribution in [0, 0.1) is 6.92 Å². The summed E-state index contributed by atoms with van der Waals surface area (Å²) in [4.78, 5) is 32.6. The Balaban J connectivity index is 1.79. The molecule has 1 aliphatic heterocycles. The number of ether oxygens (including phenoxy) is 1. The Labute approximate surface area is 190 Å². The predicted molar refractivity (Wildman–Crippen MR) is 123 cm³/mol. The van der Waals surface area contributed by atoms with E-state index in [4.69, 9.17) is 4.74 Å². The van der Waals surface area contributed by atoms with Crippen molar-refractivity contribution >= 4 is 28.8 Å². The molecule has 1 amide bonds. The van der Waals surface area contributed by atoms with E-state index in [1.165, 1.54) is 16.2 Å². The van der Waals surface area contributed by atoms with Crippen molar-refractivity contribution in [2.75, 3.05) is 6.61 Å². The molecule has 1 atom stereocenters. The maximum absolute atomic E-state index is 13.1. The van der Waals surface area contributed by atoms with Crippen molar-refractivity contribution in [3.8, 4) is 5.75 Å². The highest BCUT2D eigenvalue weighted by atomic mass is 32.1. The Kier molecular flexibility index (Phi) is 6.37. The standard InChI is InChI=1S/C25H24N2O4S/c1-3-12-31-20-7-6-18(14-16(20)2)23(28)21-22(17-8-10-26-11-9-17)27(25(30)24(21)29)15-19-5-4-13-32-19/h4-11,13-14,22,28H,3,12,15H2,1-2H3/b23-21-. The summed E-state index contributed by atoms with van der Waals surface area (Å²) in [5.74, 6) is -0.776. The van der Waals surface area contributed by atoms with Crippen LogP contribution in [0.5, 0.6) is 5.75 Å². The van der Waals surface area contributed by atoms with Crippen molar-refractivity contribution in [3.05, 3.63) is 87.4 Å². The van der Waals surface area contributed by atoms with Gasteiger partial charge >= 0.3 is 0 Å². The third-order valence-electron chi connectivity index (χ3n) is 5.38. The molecule has 0 radical (unpaired) electrons. The van der Waals surface area contributed by atoms with Crippen LogP contribution in [-0.4, -0.2) is 33.3 Å². The molecule has 3 heterocycles. The number of aliphatic hydroxyl groups is 1. The molecule has 1 aliphatic rings. The van der Waals surface area contributed by atoms with Crippen LogP contribution >= 0.6 is 11.3 Å². The van der Waals surface area contributed by atoms with Crippen LogP contribution in [0.3, 0.4) is 0 Å². The fourth-order valence-corrected chi connectivity index (χ4v) is 4.53. The Hall–Kier alpha value is -3.45. The van der Waals surface area contributed by atoms with Crippen LogP contribution in [0.4, 0.5) is 0 Å². The van der Waals surface area contributed by atoms with Gasteiger partial charge < -0.3 is 14.7 Å². The molecule has 6 nitrogen and oxygen atoms in total. The van der Waals surface area contributed by atoms with E-state index in [2.05, 4.69) is 4.98 Å². The lowest BCUT2D eigenvalue weighted by atomic mass is 9.95. The number of nitrogens with zero attached hydrogens (tertiary/aromatic N) is 2. The molecule has 1 unspecified atom stereocenters. The molecule has 4 rings (SSSR count). The lowest BCUT2D eigenvalue weighted by Gasteiger charge is -2.24. The highest BCUT2D eigenvalue weighted by Crippen LogP contribution is 2.40. The maximum atomic E-state index is 13.1. The first-order valence-corrected chi connectivity index (χ1v) is 11.3. The van der Waals surface area contributed by atoms with Crippen molar-refractivity contribution in [1.29, 1.82) is 0 Å². The van der Waals surface area contributed by atoms with Crippen LogP contribution < -0.4 is 4.74 Å². The fraction of sp³-hybridized carbons (Fsp3) is 0.240. The Morgan fingerprint density at radius 2 is 1.97 bits per heavy atom. The van der Waals surface area contributed by atoms with Gasteiger partial charge in [0.1, 0.15) is 11.5 Å². The lowest BCUT2D eigenvalue weighted by molar-refractivity contribution is -0.140. The molecular formula is C25H24N2O4S. The van der Waals surface area contributed by atoms with Gasteiger partial charge in [-0.15, -0.1) is 11.3 Å². The summed E-state index contributed by atoms with van der Waals surface area (Å²) >= 11 is 1.52. The molecule has 7 heteroatoms. The van der Waals surface area contributed by atoms with Gasteiger partial charge in [-0.1, -0.05) is 13.0 Å². The van der Waals surface area contributed by atoms with Crippen LogP contribution in [0.15, 0.2) is 65.8 Å². The zero-order valence-electron chi connectivity index (χ0n) is 17.9. The first-order chi connectivity index (χ1) is 15.5. The number of amides is 1. The second-order valence-corrected chi connectivity index (χ2v) is 8.65. The van der Waals surface area contributed by atoms with Gasteiger partial charge in [-0.3, -0.25) is 14.6 Å². The van der Waals surface area contributed by atoms with Crippen molar-refractivity contribution < 1.29 is 19.4 Å². The molecule has 0 saturated carbocycles. The summed E-state index contributed by atoms with van der Waals surface area (Å²) in [5.41, 5.74) is 2.12. The number of likely N-dealkylation sites (tertiary alicyclic amines) is 1. The largest absolute Gasteiger partial charge is 0.507 e. The smallest absolute Gasteiger partial charge is 0.295 e. The molecule has 1 N–H and O–H groups in total. The van der Waals surface area contributed by atoms with Crippen molar-refractivity contribution in [2.45, 2.75) is 32.9 Å². The summed E-state index contributed by atoms with van der Waals surface area (Å²) in [6.07, 6.45) is 4.12. The van der Waals surface area contributed by atoms with Gasteiger partial charge in [0.25, 0.3) is 11.7 Å². The lowest BCUT2D eigenvalue weighted by Crippen LogP contribution is -2.28. The highest BCUT2D eigenvalue weighted by Gasteiger charge is 2.46. The maximum Gasteiger partial charge on any atom is 0.295 e. The first-order valence-electron chi connectivity index (χ1n) is 10.5. The molecule has 0 spiro atoms. The number of rotatable bonds is 7. The van der Waals surface area contributed by atoms with E-state index in [0.717, 1.165) is 28.2 Å². The van der Waals surface area contributed by atoms with E-state index in [9.17, 15) is 14.7 Å². The SMILES string of the molecule is CCCOc1ccc(/C(O)=C2/C(=O)C(=O)N(Cc3cccs3)C2c2ccncc2)cc1C. The van der Waals surface area contributed by atoms with Gasteiger partial charge in [0, 0.05) is 22.8 Å². The highest BCUT2D eigenvalue weighted by molar-refractivity contribution is 7.09.